The molecule has 3 aromatic carbocycles. The first-order chi connectivity index (χ1) is 16.2. The van der Waals surface area contributed by atoms with Crippen LogP contribution in [0.25, 0.3) is 0 Å². The largest absolute Gasteiger partial charge is 0.495 e. The molecule has 0 aliphatic carbocycles. The van der Waals surface area contributed by atoms with Gasteiger partial charge < -0.3 is 19.5 Å². The predicted molar refractivity (Wildman–Crippen MR) is 130 cm³/mol. The molecule has 1 N–H and O–H groups in total. The topological polar surface area (TPSA) is 94.2 Å². The maximum Gasteiger partial charge on any atom is 0.267 e. The molecule has 0 fully saturated rings. The highest BCUT2D eigenvalue weighted by Gasteiger charge is 2.37. The van der Waals surface area contributed by atoms with Crippen LogP contribution in [-0.4, -0.2) is 41.2 Å². The molecule has 0 saturated carbocycles. The van der Waals surface area contributed by atoms with Gasteiger partial charge in [-0.25, -0.2) is 8.42 Å². The quantitative estimate of drug-likeness (QED) is 0.508. The van der Waals surface area contributed by atoms with Crippen molar-refractivity contribution in [1.82, 2.24) is 0 Å². The summed E-state index contributed by atoms with van der Waals surface area (Å²) in [6, 6.07) is 15.4. The van der Waals surface area contributed by atoms with Crippen LogP contribution in [0.5, 0.6) is 17.2 Å². The number of rotatable bonds is 6. The van der Waals surface area contributed by atoms with E-state index in [0.29, 0.717) is 32.9 Å². The maximum atomic E-state index is 13.5. The SMILES string of the molecule is COc1cc(NC(=O)[C@H]2CN(S(=O)(=O)c3ccc(Cl)cc3)c3ccccc3O2)c(OC)cc1Cl. The highest BCUT2D eigenvalue weighted by Crippen LogP contribution is 2.39. The summed E-state index contributed by atoms with van der Waals surface area (Å²) < 4.78 is 44.4. The average Bonchev–Trinajstić information content (AvgIpc) is 2.84. The van der Waals surface area contributed by atoms with Crippen LogP contribution in [0.4, 0.5) is 11.4 Å². The number of ether oxygens (including phenoxy) is 3. The van der Waals surface area contributed by atoms with E-state index in [-0.39, 0.29) is 17.2 Å². The van der Waals surface area contributed by atoms with Crippen LogP contribution in [0.1, 0.15) is 0 Å². The van der Waals surface area contributed by atoms with Crippen molar-refractivity contribution in [3.63, 3.8) is 0 Å². The first-order valence-electron chi connectivity index (χ1n) is 10.0. The van der Waals surface area contributed by atoms with Gasteiger partial charge in [0.25, 0.3) is 15.9 Å². The molecule has 34 heavy (non-hydrogen) atoms. The number of carbonyl (C=O) groups is 1. The Labute approximate surface area is 207 Å². The number of carbonyl (C=O) groups excluding carboxylic acids is 1. The minimum Gasteiger partial charge on any atom is -0.495 e. The third-order valence-corrected chi connectivity index (χ3v) is 7.50. The normalized spacial score (nSPS) is 15.2. The molecule has 11 heteroatoms. The van der Waals surface area contributed by atoms with E-state index in [2.05, 4.69) is 5.32 Å². The summed E-state index contributed by atoms with van der Waals surface area (Å²) in [5, 5.41) is 3.43. The monoisotopic (exact) mass is 522 g/mol. The van der Waals surface area contributed by atoms with Crippen molar-refractivity contribution in [2.75, 3.05) is 30.4 Å². The zero-order chi connectivity index (χ0) is 24.5. The Morgan fingerprint density at radius 2 is 1.71 bits per heavy atom. The van der Waals surface area contributed by atoms with Crippen molar-refractivity contribution in [2.45, 2.75) is 11.0 Å². The molecule has 4 rings (SSSR count). The second-order valence-electron chi connectivity index (χ2n) is 7.24. The van der Waals surface area contributed by atoms with E-state index in [4.69, 9.17) is 37.4 Å². The molecular weight excluding hydrogens is 503 g/mol. The number of hydrogen-bond acceptors (Lipinski definition) is 6. The lowest BCUT2D eigenvalue weighted by Crippen LogP contribution is -2.48. The molecule has 1 heterocycles. The molecule has 0 bridgehead atoms. The fourth-order valence-corrected chi connectivity index (χ4v) is 5.30. The van der Waals surface area contributed by atoms with Gasteiger partial charge in [0, 0.05) is 17.2 Å². The second kappa shape index (κ2) is 9.61. The van der Waals surface area contributed by atoms with E-state index in [1.165, 1.54) is 50.6 Å². The molecule has 1 aliphatic heterocycles. The summed E-state index contributed by atoms with van der Waals surface area (Å²) in [7, 11) is -1.13. The van der Waals surface area contributed by atoms with E-state index in [1.54, 1.807) is 24.3 Å². The minimum atomic E-state index is -4.01. The van der Waals surface area contributed by atoms with Crippen molar-refractivity contribution in [1.29, 1.82) is 0 Å². The van der Waals surface area contributed by atoms with E-state index >= 15 is 0 Å². The Morgan fingerprint density at radius 1 is 1.03 bits per heavy atom. The molecule has 0 aromatic heterocycles. The third-order valence-electron chi connectivity index (χ3n) is 5.16. The van der Waals surface area contributed by atoms with Gasteiger partial charge in [0.15, 0.2) is 6.10 Å². The van der Waals surface area contributed by atoms with Crippen molar-refractivity contribution in [2.24, 2.45) is 0 Å². The molecule has 1 amide bonds. The minimum absolute atomic E-state index is 0.0388. The number of nitrogens with zero attached hydrogens (tertiary/aromatic N) is 1. The van der Waals surface area contributed by atoms with Crippen LogP contribution in [0.2, 0.25) is 10.0 Å². The van der Waals surface area contributed by atoms with Crippen LogP contribution in [-0.2, 0) is 14.8 Å². The number of para-hydroxylation sites is 2. The lowest BCUT2D eigenvalue weighted by atomic mass is 10.2. The van der Waals surface area contributed by atoms with Crippen LogP contribution < -0.4 is 23.8 Å². The van der Waals surface area contributed by atoms with Gasteiger partial charge in [-0.3, -0.25) is 9.10 Å². The predicted octanol–water partition coefficient (Wildman–Crippen LogP) is 4.61. The number of sulfonamides is 1. The zero-order valence-electron chi connectivity index (χ0n) is 18.1. The highest BCUT2D eigenvalue weighted by molar-refractivity contribution is 7.92. The van der Waals surface area contributed by atoms with E-state index in [1.807, 2.05) is 0 Å². The standard InChI is InChI=1S/C23H20Cl2N2O6S/c1-31-20-12-17(21(32-2)11-16(20)25)26-23(28)22-13-27(18-5-3-4-6-19(18)33-22)34(29,30)15-9-7-14(24)8-10-15/h3-12,22H,13H2,1-2H3,(H,26,28)/t22-/m1/s1. The summed E-state index contributed by atoms with van der Waals surface area (Å²) in [4.78, 5) is 13.2. The third kappa shape index (κ3) is 4.59. The first-order valence-corrected chi connectivity index (χ1v) is 12.2. The van der Waals surface area contributed by atoms with Crippen molar-refractivity contribution in [3.05, 3.63) is 70.7 Å². The molecular formula is C23H20Cl2N2O6S. The lowest BCUT2D eigenvalue weighted by Gasteiger charge is -2.34. The Hall–Kier alpha value is -3.14. The molecule has 1 aliphatic rings. The maximum absolute atomic E-state index is 13.5. The van der Waals surface area contributed by atoms with Crippen molar-refractivity contribution in [3.8, 4) is 17.2 Å². The number of amides is 1. The van der Waals surface area contributed by atoms with E-state index in [9.17, 15) is 13.2 Å². The van der Waals surface area contributed by atoms with Gasteiger partial charge in [-0.15, -0.1) is 0 Å². The smallest absolute Gasteiger partial charge is 0.267 e. The summed E-state index contributed by atoms with van der Waals surface area (Å²) in [5.41, 5.74) is 0.621. The average molecular weight is 523 g/mol. The van der Waals surface area contributed by atoms with Crippen LogP contribution in [0.3, 0.4) is 0 Å². The van der Waals surface area contributed by atoms with Gasteiger partial charge in [-0.2, -0.15) is 0 Å². The number of benzene rings is 3. The molecule has 3 aromatic rings. The van der Waals surface area contributed by atoms with Gasteiger partial charge >= 0.3 is 0 Å². The zero-order valence-corrected chi connectivity index (χ0v) is 20.4. The summed E-state index contributed by atoms with van der Waals surface area (Å²) in [6.07, 6.45) is -1.15. The molecule has 0 saturated heterocycles. The number of nitrogens with one attached hydrogen (secondary N) is 1. The van der Waals surface area contributed by atoms with Crippen LogP contribution >= 0.6 is 23.2 Å². The number of halogens is 2. The number of methoxy groups -OCH3 is 2. The number of fused-ring (bicyclic) bond motifs is 1. The summed E-state index contributed by atoms with van der Waals surface area (Å²) in [6.45, 7) is -0.249. The second-order valence-corrected chi connectivity index (χ2v) is 9.95. The Morgan fingerprint density at radius 3 is 2.38 bits per heavy atom. The fourth-order valence-electron chi connectivity index (χ4n) is 3.47. The molecule has 178 valence electrons. The lowest BCUT2D eigenvalue weighted by molar-refractivity contribution is -0.122. The van der Waals surface area contributed by atoms with Gasteiger partial charge in [-0.05, 0) is 36.4 Å². The van der Waals surface area contributed by atoms with Crippen molar-refractivity contribution >= 4 is 50.5 Å². The van der Waals surface area contributed by atoms with Gasteiger partial charge in [0.2, 0.25) is 0 Å². The van der Waals surface area contributed by atoms with Crippen molar-refractivity contribution < 1.29 is 27.4 Å². The van der Waals surface area contributed by atoms with Crippen LogP contribution in [0, 0.1) is 0 Å². The van der Waals surface area contributed by atoms with E-state index < -0.39 is 22.0 Å². The molecule has 0 radical (unpaired) electrons. The Kier molecular flexibility index (Phi) is 6.79. The molecule has 8 nitrogen and oxygen atoms in total. The Bertz CT molecular complexity index is 1330. The Balaban J connectivity index is 1.67. The number of anilines is 2. The summed E-state index contributed by atoms with van der Waals surface area (Å²) >= 11 is 12.1. The van der Waals surface area contributed by atoms with Gasteiger partial charge in [0.1, 0.15) is 17.2 Å². The summed E-state index contributed by atoms with van der Waals surface area (Å²) in [5.74, 6) is 0.321. The molecule has 0 unspecified atom stereocenters. The van der Waals surface area contributed by atoms with Gasteiger partial charge in [0.05, 0.1) is 42.1 Å². The van der Waals surface area contributed by atoms with E-state index in [0.717, 1.165) is 4.31 Å². The fraction of sp³-hybridized carbons (Fsp3) is 0.174. The number of hydrogen-bond donors (Lipinski definition) is 1. The molecule has 0 spiro atoms. The first kappa shape index (κ1) is 24.0. The molecule has 1 atom stereocenters. The highest BCUT2D eigenvalue weighted by atomic mass is 35.5. The van der Waals surface area contributed by atoms with Crippen LogP contribution in [0.15, 0.2) is 65.6 Å². The van der Waals surface area contributed by atoms with Gasteiger partial charge in [-0.1, -0.05) is 35.3 Å².